The number of aryl methyl sites for hydroxylation is 1. The summed E-state index contributed by atoms with van der Waals surface area (Å²) >= 11 is 0. The molecule has 1 unspecified atom stereocenters. The van der Waals surface area contributed by atoms with Crippen molar-refractivity contribution in [3.05, 3.63) is 47.8 Å². The second-order valence-corrected chi connectivity index (χ2v) is 3.84. The lowest BCUT2D eigenvalue weighted by molar-refractivity contribution is -0.119. The minimum Gasteiger partial charge on any atom is -0.321 e. The number of nitrogens with two attached hydrogens (primary N) is 1. The van der Waals surface area contributed by atoms with Crippen LogP contribution in [0.4, 0.5) is 4.39 Å². The Kier molecular flexibility index (Phi) is 4.38. The Morgan fingerprint density at radius 1 is 1.62 bits per heavy atom. The number of rotatable bonds is 5. The first-order chi connectivity index (χ1) is 7.54. The molecule has 1 rings (SSSR count). The SMILES string of the molecule is C=CCC(N)C(=O)Cc1cc(F)ccc1C. The number of Topliss-reactive ketones (excluding diaryl/α,β-unsaturated/α-hetero) is 1. The Labute approximate surface area is 95.0 Å². The summed E-state index contributed by atoms with van der Waals surface area (Å²) in [6.07, 6.45) is 2.24. The van der Waals surface area contributed by atoms with Gasteiger partial charge in [-0.3, -0.25) is 4.79 Å². The largest absolute Gasteiger partial charge is 0.321 e. The van der Waals surface area contributed by atoms with E-state index in [9.17, 15) is 9.18 Å². The van der Waals surface area contributed by atoms with E-state index < -0.39 is 6.04 Å². The summed E-state index contributed by atoms with van der Waals surface area (Å²) in [6.45, 7) is 5.38. The fraction of sp³-hybridized carbons (Fsp3) is 0.308. The Bertz CT molecular complexity index is 401. The van der Waals surface area contributed by atoms with Gasteiger partial charge in [-0.25, -0.2) is 4.39 Å². The first-order valence-electron chi connectivity index (χ1n) is 5.19. The van der Waals surface area contributed by atoms with Gasteiger partial charge in [0.2, 0.25) is 0 Å². The fourth-order valence-electron chi connectivity index (χ4n) is 1.46. The predicted octanol–water partition coefficient (Wildman–Crippen LogP) is 2.15. The molecule has 0 aliphatic rings. The van der Waals surface area contributed by atoms with Crippen LogP contribution in [0, 0.1) is 12.7 Å². The van der Waals surface area contributed by atoms with Crippen molar-refractivity contribution in [1.29, 1.82) is 0 Å². The topological polar surface area (TPSA) is 43.1 Å². The smallest absolute Gasteiger partial charge is 0.154 e. The maximum Gasteiger partial charge on any atom is 0.154 e. The molecule has 0 fully saturated rings. The van der Waals surface area contributed by atoms with Crippen LogP contribution in [-0.2, 0) is 11.2 Å². The molecule has 0 heterocycles. The number of ketones is 1. The molecule has 0 saturated carbocycles. The summed E-state index contributed by atoms with van der Waals surface area (Å²) in [5.74, 6) is -0.417. The lowest BCUT2D eigenvalue weighted by Crippen LogP contribution is -2.31. The zero-order chi connectivity index (χ0) is 12.1. The van der Waals surface area contributed by atoms with Crippen molar-refractivity contribution in [2.75, 3.05) is 0 Å². The van der Waals surface area contributed by atoms with E-state index in [0.717, 1.165) is 5.56 Å². The van der Waals surface area contributed by atoms with Gasteiger partial charge in [-0.15, -0.1) is 6.58 Å². The van der Waals surface area contributed by atoms with Crippen molar-refractivity contribution in [2.45, 2.75) is 25.8 Å². The van der Waals surface area contributed by atoms with E-state index in [4.69, 9.17) is 5.73 Å². The molecule has 1 aromatic carbocycles. The van der Waals surface area contributed by atoms with Gasteiger partial charge in [-0.05, 0) is 36.6 Å². The van der Waals surface area contributed by atoms with Crippen LogP contribution in [0.5, 0.6) is 0 Å². The Balaban J connectivity index is 2.76. The normalized spacial score (nSPS) is 12.2. The van der Waals surface area contributed by atoms with Gasteiger partial charge in [-0.2, -0.15) is 0 Å². The van der Waals surface area contributed by atoms with Crippen LogP contribution in [0.1, 0.15) is 17.5 Å². The molecular weight excluding hydrogens is 205 g/mol. The van der Waals surface area contributed by atoms with Crippen molar-refractivity contribution >= 4 is 5.78 Å². The highest BCUT2D eigenvalue weighted by molar-refractivity contribution is 5.86. The molecule has 0 aliphatic carbocycles. The molecule has 0 aliphatic heterocycles. The highest BCUT2D eigenvalue weighted by atomic mass is 19.1. The predicted molar refractivity (Wildman–Crippen MR) is 62.6 cm³/mol. The monoisotopic (exact) mass is 221 g/mol. The molecular formula is C13H16FNO. The third-order valence-corrected chi connectivity index (χ3v) is 2.51. The van der Waals surface area contributed by atoms with E-state index in [1.54, 1.807) is 12.1 Å². The second-order valence-electron chi connectivity index (χ2n) is 3.84. The third kappa shape index (κ3) is 3.28. The van der Waals surface area contributed by atoms with Crippen LogP contribution in [0.2, 0.25) is 0 Å². The summed E-state index contributed by atoms with van der Waals surface area (Å²) in [7, 11) is 0. The van der Waals surface area contributed by atoms with Crippen LogP contribution in [-0.4, -0.2) is 11.8 Å². The molecule has 2 N–H and O–H groups in total. The van der Waals surface area contributed by atoms with Gasteiger partial charge < -0.3 is 5.73 Å². The van der Waals surface area contributed by atoms with Crippen LogP contribution in [0.15, 0.2) is 30.9 Å². The van der Waals surface area contributed by atoms with Crippen LogP contribution >= 0.6 is 0 Å². The summed E-state index contributed by atoms with van der Waals surface area (Å²) < 4.78 is 13.0. The lowest BCUT2D eigenvalue weighted by Gasteiger charge is -2.09. The quantitative estimate of drug-likeness (QED) is 0.774. The van der Waals surface area contributed by atoms with Crippen molar-refractivity contribution in [1.82, 2.24) is 0 Å². The maximum absolute atomic E-state index is 13.0. The van der Waals surface area contributed by atoms with E-state index in [2.05, 4.69) is 6.58 Å². The molecule has 1 atom stereocenters. The van der Waals surface area contributed by atoms with Crippen molar-refractivity contribution in [3.8, 4) is 0 Å². The number of carbonyl (C=O) groups is 1. The Morgan fingerprint density at radius 3 is 2.94 bits per heavy atom. The first-order valence-corrected chi connectivity index (χ1v) is 5.19. The van der Waals surface area contributed by atoms with Crippen LogP contribution in [0.3, 0.4) is 0 Å². The molecule has 0 spiro atoms. The molecule has 1 aromatic rings. The van der Waals surface area contributed by atoms with Crippen molar-refractivity contribution in [3.63, 3.8) is 0 Å². The number of benzene rings is 1. The van der Waals surface area contributed by atoms with Gasteiger partial charge in [0.05, 0.1) is 6.04 Å². The van der Waals surface area contributed by atoms with Crippen LogP contribution < -0.4 is 5.73 Å². The highest BCUT2D eigenvalue weighted by Gasteiger charge is 2.13. The molecule has 0 saturated heterocycles. The standard InChI is InChI=1S/C13H16FNO/c1-3-4-12(15)13(16)8-10-7-11(14)6-5-9(10)2/h3,5-7,12H,1,4,8,15H2,2H3. The van der Waals surface area contributed by atoms with E-state index in [1.807, 2.05) is 6.92 Å². The number of hydrogen-bond donors (Lipinski definition) is 1. The third-order valence-electron chi connectivity index (χ3n) is 2.51. The average molecular weight is 221 g/mol. The molecule has 0 radical (unpaired) electrons. The van der Waals surface area contributed by atoms with E-state index >= 15 is 0 Å². The molecule has 0 amide bonds. The van der Waals surface area contributed by atoms with E-state index in [1.165, 1.54) is 12.1 Å². The summed E-state index contributed by atoms with van der Waals surface area (Å²) in [4.78, 5) is 11.7. The number of hydrogen-bond acceptors (Lipinski definition) is 2. The molecule has 3 heteroatoms. The fourth-order valence-corrected chi connectivity index (χ4v) is 1.46. The summed E-state index contributed by atoms with van der Waals surface area (Å²) in [5.41, 5.74) is 7.25. The Morgan fingerprint density at radius 2 is 2.31 bits per heavy atom. The van der Waals surface area contributed by atoms with Gasteiger partial charge >= 0.3 is 0 Å². The minimum atomic E-state index is -0.542. The highest BCUT2D eigenvalue weighted by Crippen LogP contribution is 2.12. The molecule has 0 bridgehead atoms. The molecule has 0 aromatic heterocycles. The summed E-state index contributed by atoms with van der Waals surface area (Å²) in [5, 5.41) is 0. The number of carbonyl (C=O) groups excluding carboxylic acids is 1. The maximum atomic E-state index is 13.0. The van der Waals surface area contributed by atoms with E-state index in [0.29, 0.717) is 12.0 Å². The van der Waals surface area contributed by atoms with E-state index in [-0.39, 0.29) is 18.0 Å². The lowest BCUT2D eigenvalue weighted by atomic mass is 9.99. The van der Waals surface area contributed by atoms with Crippen molar-refractivity contribution in [2.24, 2.45) is 5.73 Å². The zero-order valence-electron chi connectivity index (χ0n) is 9.37. The molecule has 16 heavy (non-hydrogen) atoms. The first kappa shape index (κ1) is 12.6. The van der Waals surface area contributed by atoms with Gasteiger partial charge in [0.15, 0.2) is 5.78 Å². The average Bonchev–Trinajstić information content (AvgIpc) is 2.23. The van der Waals surface area contributed by atoms with Gasteiger partial charge in [0.25, 0.3) is 0 Å². The van der Waals surface area contributed by atoms with Crippen molar-refractivity contribution < 1.29 is 9.18 Å². The second kappa shape index (κ2) is 5.56. The summed E-state index contributed by atoms with van der Waals surface area (Å²) in [6, 6.07) is 3.89. The molecule has 86 valence electrons. The molecule has 2 nitrogen and oxygen atoms in total. The van der Waals surface area contributed by atoms with Gasteiger partial charge in [0, 0.05) is 6.42 Å². The number of halogens is 1. The Hall–Kier alpha value is -1.48. The zero-order valence-corrected chi connectivity index (χ0v) is 9.37. The van der Waals surface area contributed by atoms with Crippen LogP contribution in [0.25, 0.3) is 0 Å². The van der Waals surface area contributed by atoms with Gasteiger partial charge in [-0.1, -0.05) is 12.1 Å². The minimum absolute atomic E-state index is 0.0893. The van der Waals surface area contributed by atoms with Gasteiger partial charge in [0.1, 0.15) is 5.82 Å².